The van der Waals surface area contributed by atoms with E-state index < -0.39 is 0 Å². The molecule has 5 heteroatoms. The molecule has 2 aromatic rings. The van der Waals surface area contributed by atoms with Crippen molar-refractivity contribution in [3.05, 3.63) is 59.7 Å². The lowest BCUT2D eigenvalue weighted by molar-refractivity contribution is 0.276. The number of benzene rings is 2. The lowest BCUT2D eigenvalue weighted by Gasteiger charge is -2.33. The molecule has 4 rings (SSSR count). The predicted molar refractivity (Wildman–Crippen MR) is 129 cm³/mol. The van der Waals surface area contributed by atoms with E-state index >= 15 is 0 Å². The average molecular weight is 423 g/mol. The number of rotatable bonds is 5. The summed E-state index contributed by atoms with van der Waals surface area (Å²) in [5.41, 5.74) is 9.99. The van der Waals surface area contributed by atoms with Gasteiger partial charge in [0.25, 0.3) is 0 Å². The van der Waals surface area contributed by atoms with Gasteiger partial charge in [0, 0.05) is 24.5 Å². The van der Waals surface area contributed by atoms with Gasteiger partial charge in [-0.1, -0.05) is 42.8 Å². The van der Waals surface area contributed by atoms with Crippen LogP contribution >= 0.6 is 11.8 Å². The molecule has 1 heterocycles. The highest BCUT2D eigenvalue weighted by atomic mass is 32.2. The molecule has 2 aromatic carbocycles. The normalized spacial score (nSPS) is 21.9. The third kappa shape index (κ3) is 5.19. The van der Waals surface area contributed by atoms with Crippen LogP contribution in [0.15, 0.2) is 58.4 Å². The fourth-order valence-corrected chi connectivity index (χ4v) is 5.31. The Hall–Kier alpha value is -1.98. The van der Waals surface area contributed by atoms with E-state index in [4.69, 9.17) is 10.7 Å². The fraction of sp³-hybridized carbons (Fsp3) is 0.480. The molecule has 0 bridgehead atoms. The van der Waals surface area contributed by atoms with Crippen LogP contribution in [0.2, 0.25) is 0 Å². The summed E-state index contributed by atoms with van der Waals surface area (Å²) in [6.07, 6.45) is 8.27. The topological polar surface area (TPSA) is 53.6 Å². The zero-order chi connectivity index (χ0) is 20.8. The zero-order valence-electron chi connectivity index (χ0n) is 18.0. The van der Waals surface area contributed by atoms with Crippen LogP contribution < -0.4 is 11.1 Å². The van der Waals surface area contributed by atoms with Crippen LogP contribution in [-0.2, 0) is 13.0 Å². The standard InChI is InChI=1S/C25H34N4S/c1-30-24-12-5-4-11-23(24)28-25(27-17-20-8-6-7-19(15-20)16-26)29-14-13-21-9-2-3-10-22(21)18-29/h2-5,9-12,19-20H,6-8,13-18,26H2,1H3,(H,27,28). The molecule has 2 atom stereocenters. The highest BCUT2D eigenvalue weighted by molar-refractivity contribution is 7.98. The molecule has 0 saturated heterocycles. The average Bonchev–Trinajstić information content (AvgIpc) is 2.81. The summed E-state index contributed by atoms with van der Waals surface area (Å²) in [4.78, 5) is 8.84. The Morgan fingerprint density at radius 1 is 1.10 bits per heavy atom. The first-order chi connectivity index (χ1) is 14.8. The molecule has 2 unspecified atom stereocenters. The number of fused-ring (bicyclic) bond motifs is 1. The van der Waals surface area contributed by atoms with Gasteiger partial charge in [0.05, 0.1) is 5.69 Å². The van der Waals surface area contributed by atoms with Gasteiger partial charge < -0.3 is 16.0 Å². The molecule has 0 radical (unpaired) electrons. The minimum absolute atomic E-state index is 0.650. The van der Waals surface area contributed by atoms with Gasteiger partial charge in [-0.25, -0.2) is 0 Å². The monoisotopic (exact) mass is 422 g/mol. The number of hydrogen-bond acceptors (Lipinski definition) is 3. The van der Waals surface area contributed by atoms with Crippen molar-refractivity contribution in [1.82, 2.24) is 4.90 Å². The minimum Gasteiger partial charge on any atom is -0.338 e. The van der Waals surface area contributed by atoms with Gasteiger partial charge in [0.2, 0.25) is 0 Å². The van der Waals surface area contributed by atoms with E-state index in [0.717, 1.165) is 44.2 Å². The first kappa shape index (κ1) is 21.3. The molecular formula is C25H34N4S. The van der Waals surface area contributed by atoms with Crippen LogP contribution in [-0.4, -0.2) is 36.7 Å². The van der Waals surface area contributed by atoms with E-state index in [2.05, 4.69) is 65.0 Å². The number of guanidine groups is 1. The third-order valence-electron chi connectivity index (χ3n) is 6.51. The summed E-state index contributed by atoms with van der Waals surface area (Å²) in [6, 6.07) is 17.3. The molecule has 0 aromatic heterocycles. The Labute approximate surface area is 185 Å². The second-order valence-electron chi connectivity index (χ2n) is 8.56. The van der Waals surface area contributed by atoms with Gasteiger partial charge in [-0.05, 0) is 73.6 Å². The zero-order valence-corrected chi connectivity index (χ0v) is 18.8. The van der Waals surface area contributed by atoms with Crippen LogP contribution in [0.5, 0.6) is 0 Å². The van der Waals surface area contributed by atoms with Crippen LogP contribution in [0.1, 0.15) is 36.8 Å². The van der Waals surface area contributed by atoms with Gasteiger partial charge in [0.1, 0.15) is 0 Å². The Bertz CT molecular complexity index is 866. The van der Waals surface area contributed by atoms with Gasteiger partial charge in [-0.15, -0.1) is 11.8 Å². The minimum atomic E-state index is 0.650. The van der Waals surface area contributed by atoms with Gasteiger partial charge in [-0.2, -0.15) is 0 Å². The van der Waals surface area contributed by atoms with Crippen molar-refractivity contribution in [2.24, 2.45) is 22.6 Å². The number of para-hydroxylation sites is 1. The highest BCUT2D eigenvalue weighted by Gasteiger charge is 2.23. The maximum absolute atomic E-state index is 5.96. The van der Waals surface area contributed by atoms with E-state index in [1.165, 1.54) is 41.7 Å². The summed E-state index contributed by atoms with van der Waals surface area (Å²) < 4.78 is 0. The molecule has 3 N–H and O–H groups in total. The summed E-state index contributed by atoms with van der Waals surface area (Å²) >= 11 is 1.77. The Balaban J connectivity index is 1.55. The van der Waals surface area contributed by atoms with Crippen LogP contribution in [0, 0.1) is 11.8 Å². The smallest absolute Gasteiger partial charge is 0.198 e. The molecule has 1 fully saturated rings. The van der Waals surface area contributed by atoms with E-state index in [0.29, 0.717) is 11.8 Å². The van der Waals surface area contributed by atoms with Crippen molar-refractivity contribution in [3.8, 4) is 0 Å². The second kappa shape index (κ2) is 10.4. The third-order valence-corrected chi connectivity index (χ3v) is 7.30. The van der Waals surface area contributed by atoms with Crippen LogP contribution in [0.25, 0.3) is 0 Å². The van der Waals surface area contributed by atoms with Crippen LogP contribution in [0.4, 0.5) is 5.69 Å². The number of hydrogen-bond donors (Lipinski definition) is 2. The largest absolute Gasteiger partial charge is 0.338 e. The number of anilines is 1. The lowest BCUT2D eigenvalue weighted by Crippen LogP contribution is -2.40. The predicted octanol–water partition coefficient (Wildman–Crippen LogP) is 5.00. The van der Waals surface area contributed by atoms with Gasteiger partial charge in [-0.3, -0.25) is 4.99 Å². The van der Waals surface area contributed by atoms with E-state index in [1.54, 1.807) is 11.8 Å². The van der Waals surface area contributed by atoms with Crippen molar-refractivity contribution in [2.45, 2.75) is 43.5 Å². The number of nitrogens with two attached hydrogens (primary N) is 1. The lowest BCUT2D eigenvalue weighted by atomic mass is 9.81. The number of nitrogens with zero attached hydrogens (tertiary/aromatic N) is 2. The molecule has 4 nitrogen and oxygen atoms in total. The molecule has 1 saturated carbocycles. The number of nitrogens with one attached hydrogen (secondary N) is 1. The van der Waals surface area contributed by atoms with Crippen molar-refractivity contribution < 1.29 is 0 Å². The molecule has 30 heavy (non-hydrogen) atoms. The quantitative estimate of drug-likeness (QED) is 0.404. The summed E-state index contributed by atoms with van der Waals surface area (Å²) in [5.74, 6) is 2.34. The van der Waals surface area contributed by atoms with Crippen molar-refractivity contribution in [1.29, 1.82) is 0 Å². The number of aliphatic imine (C=N–C) groups is 1. The van der Waals surface area contributed by atoms with Crippen molar-refractivity contribution in [2.75, 3.05) is 31.2 Å². The number of thioether (sulfide) groups is 1. The summed E-state index contributed by atoms with van der Waals surface area (Å²) in [5, 5.41) is 3.69. The van der Waals surface area contributed by atoms with Crippen molar-refractivity contribution in [3.63, 3.8) is 0 Å². The van der Waals surface area contributed by atoms with Crippen molar-refractivity contribution >= 4 is 23.4 Å². The molecule has 2 aliphatic rings. The Kier molecular flexibility index (Phi) is 7.34. The van der Waals surface area contributed by atoms with Gasteiger partial charge in [0.15, 0.2) is 5.96 Å². The molecule has 0 amide bonds. The Morgan fingerprint density at radius 3 is 2.70 bits per heavy atom. The SMILES string of the molecule is CSc1ccccc1NC(=NCC1CCCC(CN)C1)N1CCc2ccccc2C1. The van der Waals surface area contributed by atoms with E-state index in [1.807, 2.05) is 0 Å². The van der Waals surface area contributed by atoms with Crippen LogP contribution in [0.3, 0.4) is 0 Å². The molecule has 1 aliphatic carbocycles. The van der Waals surface area contributed by atoms with E-state index in [9.17, 15) is 0 Å². The highest BCUT2D eigenvalue weighted by Crippen LogP contribution is 2.29. The summed E-state index contributed by atoms with van der Waals surface area (Å²) in [7, 11) is 0. The first-order valence-corrected chi connectivity index (χ1v) is 12.5. The molecule has 1 aliphatic heterocycles. The Morgan fingerprint density at radius 2 is 1.87 bits per heavy atom. The maximum Gasteiger partial charge on any atom is 0.198 e. The van der Waals surface area contributed by atoms with E-state index in [-0.39, 0.29) is 0 Å². The maximum atomic E-state index is 5.96. The first-order valence-electron chi connectivity index (χ1n) is 11.2. The second-order valence-corrected chi connectivity index (χ2v) is 9.41. The molecule has 160 valence electrons. The molecule has 0 spiro atoms. The molecular weight excluding hydrogens is 388 g/mol. The fourth-order valence-electron chi connectivity index (χ4n) is 4.76. The van der Waals surface area contributed by atoms with Gasteiger partial charge >= 0.3 is 0 Å². The summed E-state index contributed by atoms with van der Waals surface area (Å²) in [6.45, 7) is 3.62.